The summed E-state index contributed by atoms with van der Waals surface area (Å²) >= 11 is 3.34. The van der Waals surface area contributed by atoms with Crippen LogP contribution in [0.1, 0.15) is 32.1 Å². The first kappa shape index (κ1) is 12.6. The fourth-order valence-electron chi connectivity index (χ4n) is 2.40. The molecule has 0 atom stereocenters. The highest BCUT2D eigenvalue weighted by molar-refractivity contribution is 9.10. The number of carbonyl (C=O) groups is 1. The molecule has 100 valence electrons. The van der Waals surface area contributed by atoms with E-state index >= 15 is 0 Å². The van der Waals surface area contributed by atoms with Gasteiger partial charge in [-0.3, -0.25) is 0 Å². The van der Waals surface area contributed by atoms with E-state index in [-0.39, 0.29) is 12.2 Å². The zero-order chi connectivity index (χ0) is 13.2. The largest absolute Gasteiger partial charge is 0.446 e. The molecule has 2 heterocycles. The molecule has 1 saturated carbocycles. The molecule has 1 fully saturated rings. The summed E-state index contributed by atoms with van der Waals surface area (Å²) in [4.78, 5) is 20.4. The van der Waals surface area contributed by atoms with Gasteiger partial charge in [-0.15, -0.1) is 0 Å². The van der Waals surface area contributed by atoms with Gasteiger partial charge < -0.3 is 4.74 Å². The first-order valence-electron chi connectivity index (χ1n) is 6.43. The molecule has 3 rings (SSSR count). The zero-order valence-electron chi connectivity index (χ0n) is 10.4. The first-order valence-corrected chi connectivity index (χ1v) is 7.23. The van der Waals surface area contributed by atoms with Gasteiger partial charge in [0.2, 0.25) is 0 Å². The molecule has 2 aromatic heterocycles. The molecule has 1 aliphatic rings. The summed E-state index contributed by atoms with van der Waals surface area (Å²) in [5, 5.41) is 0. The second kappa shape index (κ2) is 5.28. The fraction of sp³-hybridized carbons (Fsp3) is 0.462. The summed E-state index contributed by atoms with van der Waals surface area (Å²) in [7, 11) is 0. The highest BCUT2D eigenvalue weighted by atomic mass is 79.9. The number of pyridine rings is 1. The molecule has 0 bridgehead atoms. The molecule has 0 spiro atoms. The SMILES string of the molecule is O=C(OC1CCCCC1)n1cnc2ncc(Br)cc21. The predicted molar refractivity (Wildman–Crippen MR) is 74.0 cm³/mol. The molecule has 0 radical (unpaired) electrons. The normalized spacial score (nSPS) is 16.7. The smallest absolute Gasteiger partial charge is 0.420 e. The number of hydrogen-bond donors (Lipinski definition) is 0. The molecule has 19 heavy (non-hydrogen) atoms. The third-order valence-electron chi connectivity index (χ3n) is 3.39. The van der Waals surface area contributed by atoms with E-state index in [1.165, 1.54) is 17.3 Å². The van der Waals surface area contributed by atoms with Crippen molar-refractivity contribution in [3.8, 4) is 0 Å². The third-order valence-corrected chi connectivity index (χ3v) is 3.82. The van der Waals surface area contributed by atoms with Crippen LogP contribution in [0, 0.1) is 0 Å². The van der Waals surface area contributed by atoms with Gasteiger partial charge in [-0.25, -0.2) is 19.3 Å². The number of carbonyl (C=O) groups excluding carboxylic acids is 1. The number of aromatic nitrogens is 3. The van der Waals surface area contributed by atoms with Crippen molar-refractivity contribution >= 4 is 33.2 Å². The maximum atomic E-state index is 12.2. The van der Waals surface area contributed by atoms with E-state index in [0.717, 1.165) is 30.2 Å². The van der Waals surface area contributed by atoms with E-state index in [4.69, 9.17) is 4.74 Å². The van der Waals surface area contributed by atoms with Crippen LogP contribution in [0.3, 0.4) is 0 Å². The second-order valence-electron chi connectivity index (χ2n) is 4.75. The quantitative estimate of drug-likeness (QED) is 0.805. The summed E-state index contributed by atoms with van der Waals surface area (Å²) in [6.07, 6.45) is 8.22. The van der Waals surface area contributed by atoms with Gasteiger partial charge in [0.05, 0.1) is 5.52 Å². The number of nitrogens with zero attached hydrogens (tertiary/aromatic N) is 3. The van der Waals surface area contributed by atoms with Crippen molar-refractivity contribution in [2.45, 2.75) is 38.2 Å². The maximum absolute atomic E-state index is 12.2. The number of halogens is 1. The Morgan fingerprint density at radius 3 is 2.89 bits per heavy atom. The van der Waals surface area contributed by atoms with Gasteiger partial charge in [0.15, 0.2) is 5.65 Å². The molecule has 6 heteroatoms. The minimum Gasteiger partial charge on any atom is -0.446 e. The zero-order valence-corrected chi connectivity index (χ0v) is 12.0. The van der Waals surface area contributed by atoms with Crippen LogP contribution in [-0.4, -0.2) is 26.7 Å². The van der Waals surface area contributed by atoms with E-state index in [2.05, 4.69) is 25.9 Å². The van der Waals surface area contributed by atoms with Crippen molar-refractivity contribution in [2.75, 3.05) is 0 Å². The number of ether oxygens (including phenoxy) is 1. The van der Waals surface area contributed by atoms with Gasteiger partial charge in [0, 0.05) is 10.7 Å². The summed E-state index contributed by atoms with van der Waals surface area (Å²) in [6.45, 7) is 0. The van der Waals surface area contributed by atoms with Gasteiger partial charge >= 0.3 is 6.09 Å². The lowest BCUT2D eigenvalue weighted by Crippen LogP contribution is -2.23. The molecule has 0 amide bonds. The lowest BCUT2D eigenvalue weighted by molar-refractivity contribution is 0.0771. The summed E-state index contributed by atoms with van der Waals surface area (Å²) in [5.41, 5.74) is 1.21. The Morgan fingerprint density at radius 1 is 1.32 bits per heavy atom. The minimum atomic E-state index is -0.366. The van der Waals surface area contributed by atoms with Crippen molar-refractivity contribution < 1.29 is 9.53 Å². The number of hydrogen-bond acceptors (Lipinski definition) is 4. The molecule has 0 aromatic carbocycles. The van der Waals surface area contributed by atoms with E-state index in [0.29, 0.717) is 11.2 Å². The topological polar surface area (TPSA) is 57.0 Å². The van der Waals surface area contributed by atoms with E-state index in [1.807, 2.05) is 6.07 Å². The molecule has 5 nitrogen and oxygen atoms in total. The van der Waals surface area contributed by atoms with E-state index in [9.17, 15) is 4.79 Å². The van der Waals surface area contributed by atoms with Gasteiger partial charge in [-0.1, -0.05) is 6.42 Å². The fourth-order valence-corrected chi connectivity index (χ4v) is 2.72. The van der Waals surface area contributed by atoms with Crippen LogP contribution in [0.4, 0.5) is 4.79 Å². The standard InChI is InChI=1S/C13H14BrN3O2/c14-9-6-11-12(15-7-9)16-8-17(11)13(18)19-10-4-2-1-3-5-10/h6-8,10H,1-5H2. The molecule has 0 N–H and O–H groups in total. The van der Waals surface area contributed by atoms with Crippen LogP contribution in [0.5, 0.6) is 0 Å². The molecular formula is C13H14BrN3O2. The number of fused-ring (bicyclic) bond motifs is 1. The van der Waals surface area contributed by atoms with Crippen LogP contribution in [0.2, 0.25) is 0 Å². The molecule has 0 aliphatic heterocycles. The van der Waals surface area contributed by atoms with Gasteiger partial charge in [0.25, 0.3) is 0 Å². The molecule has 0 saturated heterocycles. The summed E-state index contributed by atoms with van der Waals surface area (Å²) < 4.78 is 7.76. The molecule has 1 aliphatic carbocycles. The van der Waals surface area contributed by atoms with Gasteiger partial charge in [-0.05, 0) is 47.7 Å². The van der Waals surface area contributed by atoms with Crippen molar-refractivity contribution in [3.05, 3.63) is 23.1 Å². The predicted octanol–water partition coefficient (Wildman–Crippen LogP) is 3.51. The summed E-state index contributed by atoms with van der Waals surface area (Å²) in [6, 6.07) is 1.82. The van der Waals surface area contributed by atoms with Crippen LogP contribution >= 0.6 is 15.9 Å². The molecular weight excluding hydrogens is 310 g/mol. The van der Waals surface area contributed by atoms with Gasteiger partial charge in [0.1, 0.15) is 12.4 Å². The van der Waals surface area contributed by atoms with Crippen LogP contribution in [0.25, 0.3) is 11.2 Å². The van der Waals surface area contributed by atoms with Crippen LogP contribution in [-0.2, 0) is 4.74 Å². The number of imidazole rings is 1. The second-order valence-corrected chi connectivity index (χ2v) is 5.67. The first-order chi connectivity index (χ1) is 9.24. The molecule has 2 aromatic rings. The van der Waals surface area contributed by atoms with E-state index in [1.54, 1.807) is 6.20 Å². The number of rotatable bonds is 1. The Bertz CT molecular complexity index is 605. The Morgan fingerprint density at radius 2 is 2.11 bits per heavy atom. The Labute approximate surface area is 119 Å². The lowest BCUT2D eigenvalue weighted by Gasteiger charge is -2.21. The van der Waals surface area contributed by atoms with Crippen molar-refractivity contribution in [1.29, 1.82) is 0 Å². The van der Waals surface area contributed by atoms with Gasteiger partial charge in [-0.2, -0.15) is 0 Å². The average molecular weight is 324 g/mol. The molecule has 0 unspecified atom stereocenters. The monoisotopic (exact) mass is 323 g/mol. The van der Waals surface area contributed by atoms with Crippen molar-refractivity contribution in [1.82, 2.24) is 14.5 Å². The minimum absolute atomic E-state index is 0.0406. The Kier molecular flexibility index (Phi) is 3.50. The van der Waals surface area contributed by atoms with Crippen LogP contribution in [0.15, 0.2) is 23.1 Å². The van der Waals surface area contributed by atoms with Crippen molar-refractivity contribution in [2.24, 2.45) is 0 Å². The van der Waals surface area contributed by atoms with E-state index < -0.39 is 0 Å². The third kappa shape index (κ3) is 2.63. The summed E-state index contributed by atoms with van der Waals surface area (Å²) in [5.74, 6) is 0. The Hall–Kier alpha value is -1.43. The average Bonchev–Trinajstić information content (AvgIpc) is 2.82. The lowest BCUT2D eigenvalue weighted by atomic mass is 9.98. The highest BCUT2D eigenvalue weighted by Gasteiger charge is 2.20. The van der Waals surface area contributed by atoms with Crippen molar-refractivity contribution in [3.63, 3.8) is 0 Å². The van der Waals surface area contributed by atoms with Crippen LogP contribution < -0.4 is 0 Å². The highest BCUT2D eigenvalue weighted by Crippen LogP contribution is 2.22. The maximum Gasteiger partial charge on any atom is 0.420 e. The Balaban J connectivity index is 1.82.